The number of anilines is 1. The minimum absolute atomic E-state index is 0.667. The number of rotatable bonds is 8. The zero-order chi connectivity index (χ0) is 15.8. The second-order valence-electron chi connectivity index (χ2n) is 5.18. The quantitative estimate of drug-likeness (QED) is 0.581. The van der Waals surface area contributed by atoms with Crippen molar-refractivity contribution in [1.82, 2.24) is 0 Å². The van der Waals surface area contributed by atoms with Crippen LogP contribution in [0.4, 0.5) is 5.69 Å². The number of hydrogen-bond donors (Lipinski definition) is 1. The lowest BCUT2D eigenvalue weighted by atomic mass is 10.2. The Balaban J connectivity index is 1.84. The van der Waals surface area contributed by atoms with E-state index in [2.05, 4.69) is 24.4 Å². The monoisotopic (exact) mass is 337 g/mol. The van der Waals surface area contributed by atoms with Gasteiger partial charge in [-0.2, -0.15) is 0 Å². The van der Waals surface area contributed by atoms with Gasteiger partial charge in [0.25, 0.3) is 0 Å². The van der Waals surface area contributed by atoms with Crippen LogP contribution in [0.15, 0.2) is 42.5 Å². The van der Waals surface area contributed by atoms with Crippen molar-refractivity contribution in [1.29, 1.82) is 0 Å². The largest absolute Gasteiger partial charge is 0.494 e. The van der Waals surface area contributed by atoms with Crippen LogP contribution in [0.25, 0.3) is 0 Å². The molecule has 2 nitrogen and oxygen atoms in total. The van der Waals surface area contributed by atoms with E-state index in [9.17, 15) is 0 Å². The van der Waals surface area contributed by atoms with Crippen LogP contribution < -0.4 is 10.1 Å². The molecule has 0 aromatic heterocycles. The molecule has 1 N–H and O–H groups in total. The maximum Gasteiger partial charge on any atom is 0.119 e. The van der Waals surface area contributed by atoms with Crippen LogP contribution in [0.2, 0.25) is 10.0 Å². The number of halogens is 2. The van der Waals surface area contributed by atoms with Crippen molar-refractivity contribution in [3.8, 4) is 5.75 Å². The molecule has 0 saturated carbocycles. The van der Waals surface area contributed by atoms with Crippen LogP contribution in [0.3, 0.4) is 0 Å². The van der Waals surface area contributed by atoms with E-state index in [0.29, 0.717) is 16.6 Å². The number of ether oxygens (including phenoxy) is 1. The molecule has 118 valence electrons. The van der Waals surface area contributed by atoms with Crippen LogP contribution in [-0.2, 0) is 6.54 Å². The Kier molecular flexibility index (Phi) is 6.88. The van der Waals surface area contributed by atoms with Gasteiger partial charge in [-0.05, 0) is 42.3 Å². The summed E-state index contributed by atoms with van der Waals surface area (Å²) in [6.07, 6.45) is 3.52. The minimum atomic E-state index is 0.667. The Hall–Kier alpha value is -1.38. The molecule has 0 atom stereocenters. The predicted molar refractivity (Wildman–Crippen MR) is 95.3 cm³/mol. The number of unbranched alkanes of at least 4 members (excludes halogenated alkanes) is 2. The van der Waals surface area contributed by atoms with Gasteiger partial charge in [0, 0.05) is 11.6 Å². The van der Waals surface area contributed by atoms with E-state index in [4.69, 9.17) is 27.9 Å². The van der Waals surface area contributed by atoms with Crippen LogP contribution in [0.5, 0.6) is 5.75 Å². The number of benzene rings is 2. The molecular weight excluding hydrogens is 317 g/mol. The summed E-state index contributed by atoms with van der Waals surface area (Å²) < 4.78 is 5.70. The van der Waals surface area contributed by atoms with E-state index < -0.39 is 0 Å². The third kappa shape index (κ3) is 5.43. The first-order chi connectivity index (χ1) is 10.7. The zero-order valence-corrected chi connectivity index (χ0v) is 14.3. The lowest BCUT2D eigenvalue weighted by Gasteiger charge is -2.10. The van der Waals surface area contributed by atoms with Gasteiger partial charge in [0.05, 0.1) is 17.3 Å². The maximum atomic E-state index is 6.13. The Morgan fingerprint density at radius 2 is 1.77 bits per heavy atom. The van der Waals surface area contributed by atoms with Crippen molar-refractivity contribution in [3.63, 3.8) is 0 Å². The van der Waals surface area contributed by atoms with Crippen molar-refractivity contribution in [2.75, 3.05) is 11.9 Å². The van der Waals surface area contributed by atoms with Crippen LogP contribution >= 0.6 is 23.2 Å². The second-order valence-corrected chi connectivity index (χ2v) is 6.02. The van der Waals surface area contributed by atoms with Gasteiger partial charge in [-0.25, -0.2) is 0 Å². The SMILES string of the molecule is CCCCCOc1ccc(CNc2cc(Cl)ccc2Cl)cc1. The van der Waals surface area contributed by atoms with E-state index in [-0.39, 0.29) is 0 Å². The molecule has 0 fully saturated rings. The Labute approximate surface area is 142 Å². The molecule has 4 heteroatoms. The van der Waals surface area contributed by atoms with E-state index in [0.717, 1.165) is 30.0 Å². The summed E-state index contributed by atoms with van der Waals surface area (Å²) >= 11 is 12.1. The first-order valence-corrected chi connectivity index (χ1v) is 8.35. The summed E-state index contributed by atoms with van der Waals surface area (Å²) in [6, 6.07) is 13.5. The summed E-state index contributed by atoms with van der Waals surface area (Å²) in [4.78, 5) is 0. The van der Waals surface area contributed by atoms with E-state index in [1.54, 1.807) is 12.1 Å². The fraction of sp³-hybridized carbons (Fsp3) is 0.333. The summed E-state index contributed by atoms with van der Waals surface area (Å²) in [6.45, 7) is 3.66. The van der Waals surface area contributed by atoms with E-state index in [1.807, 2.05) is 18.2 Å². The van der Waals surface area contributed by atoms with Gasteiger partial charge in [0.1, 0.15) is 5.75 Å². The highest BCUT2D eigenvalue weighted by molar-refractivity contribution is 6.35. The molecule has 0 saturated heterocycles. The van der Waals surface area contributed by atoms with Crippen molar-refractivity contribution in [2.45, 2.75) is 32.7 Å². The molecule has 0 bridgehead atoms. The van der Waals surface area contributed by atoms with Crippen molar-refractivity contribution < 1.29 is 4.74 Å². The molecule has 22 heavy (non-hydrogen) atoms. The Bertz CT molecular complexity index is 584. The van der Waals surface area contributed by atoms with E-state index in [1.165, 1.54) is 12.8 Å². The highest BCUT2D eigenvalue weighted by Crippen LogP contribution is 2.26. The molecular formula is C18H21Cl2NO. The molecule has 2 rings (SSSR count). The molecule has 0 aliphatic heterocycles. The lowest BCUT2D eigenvalue weighted by molar-refractivity contribution is 0.306. The molecule has 0 radical (unpaired) electrons. The van der Waals surface area contributed by atoms with Crippen LogP contribution in [0.1, 0.15) is 31.7 Å². The van der Waals surface area contributed by atoms with Gasteiger partial charge in [0.2, 0.25) is 0 Å². The third-order valence-electron chi connectivity index (χ3n) is 3.35. The molecule has 0 heterocycles. The lowest BCUT2D eigenvalue weighted by Crippen LogP contribution is -2.01. The average Bonchev–Trinajstić information content (AvgIpc) is 2.53. The molecule has 2 aromatic carbocycles. The van der Waals surface area contributed by atoms with Crippen molar-refractivity contribution in [3.05, 3.63) is 58.1 Å². The standard InChI is InChI=1S/C18H21Cl2NO/c1-2-3-4-11-22-16-8-5-14(6-9-16)13-21-18-12-15(19)7-10-17(18)20/h5-10,12,21H,2-4,11,13H2,1H3. The van der Waals surface area contributed by atoms with Crippen LogP contribution in [0, 0.1) is 0 Å². The third-order valence-corrected chi connectivity index (χ3v) is 3.92. The van der Waals surface area contributed by atoms with E-state index >= 15 is 0 Å². The van der Waals surface area contributed by atoms with Crippen LogP contribution in [-0.4, -0.2) is 6.61 Å². The number of hydrogen-bond acceptors (Lipinski definition) is 2. The normalized spacial score (nSPS) is 10.5. The first kappa shape index (κ1) is 17.0. The van der Waals surface area contributed by atoms with Gasteiger partial charge < -0.3 is 10.1 Å². The summed E-state index contributed by atoms with van der Waals surface area (Å²) in [5.41, 5.74) is 2.01. The average molecular weight is 338 g/mol. The predicted octanol–water partition coefficient (Wildman–Crippen LogP) is 6.17. The minimum Gasteiger partial charge on any atom is -0.494 e. The van der Waals surface area contributed by atoms with Crippen molar-refractivity contribution >= 4 is 28.9 Å². The van der Waals surface area contributed by atoms with Gasteiger partial charge in [0.15, 0.2) is 0 Å². The zero-order valence-electron chi connectivity index (χ0n) is 12.7. The van der Waals surface area contributed by atoms with Gasteiger partial charge >= 0.3 is 0 Å². The van der Waals surface area contributed by atoms with Gasteiger partial charge in [-0.15, -0.1) is 0 Å². The maximum absolute atomic E-state index is 6.13. The Morgan fingerprint density at radius 1 is 1.00 bits per heavy atom. The van der Waals surface area contributed by atoms with Gasteiger partial charge in [-0.1, -0.05) is 55.1 Å². The second kappa shape index (κ2) is 8.92. The molecule has 0 aliphatic rings. The molecule has 0 amide bonds. The molecule has 0 spiro atoms. The Morgan fingerprint density at radius 3 is 2.50 bits per heavy atom. The fourth-order valence-electron chi connectivity index (χ4n) is 2.08. The smallest absolute Gasteiger partial charge is 0.119 e. The molecule has 0 aliphatic carbocycles. The summed E-state index contributed by atoms with van der Waals surface area (Å²) in [5.74, 6) is 0.917. The topological polar surface area (TPSA) is 21.3 Å². The molecule has 0 unspecified atom stereocenters. The van der Waals surface area contributed by atoms with Crippen molar-refractivity contribution in [2.24, 2.45) is 0 Å². The highest BCUT2D eigenvalue weighted by atomic mass is 35.5. The van der Waals surface area contributed by atoms with Gasteiger partial charge in [-0.3, -0.25) is 0 Å². The molecule has 2 aromatic rings. The summed E-state index contributed by atoms with van der Waals surface area (Å²) in [7, 11) is 0. The first-order valence-electron chi connectivity index (χ1n) is 7.59. The summed E-state index contributed by atoms with van der Waals surface area (Å²) in [5, 5.41) is 4.63. The highest BCUT2D eigenvalue weighted by Gasteiger charge is 2.01. The number of nitrogens with one attached hydrogen (secondary N) is 1. The fourth-order valence-corrected chi connectivity index (χ4v) is 2.43.